The molecule has 5 nitrogen and oxygen atoms in total. The maximum atomic E-state index is 12.4. The average Bonchev–Trinajstić information content (AvgIpc) is 2.54. The lowest BCUT2D eigenvalue weighted by atomic mass is 10.1. The van der Waals surface area contributed by atoms with Gasteiger partial charge in [0, 0.05) is 30.9 Å². The average molecular weight is 289 g/mol. The van der Waals surface area contributed by atoms with Crippen molar-refractivity contribution in [3.8, 4) is 0 Å². The molecule has 0 spiro atoms. The van der Waals surface area contributed by atoms with E-state index in [1.54, 1.807) is 0 Å². The highest BCUT2D eigenvalue weighted by molar-refractivity contribution is 5.95. The molecule has 114 valence electrons. The van der Waals surface area contributed by atoms with Crippen LogP contribution in [-0.2, 0) is 4.79 Å². The Labute approximate surface area is 125 Å². The maximum Gasteiger partial charge on any atom is 0.253 e. The van der Waals surface area contributed by atoms with Gasteiger partial charge in [0.2, 0.25) is 5.91 Å². The third kappa shape index (κ3) is 4.48. The molecule has 0 aliphatic carbocycles. The van der Waals surface area contributed by atoms with Crippen molar-refractivity contribution >= 4 is 17.5 Å². The monoisotopic (exact) mass is 289 g/mol. The van der Waals surface area contributed by atoms with Gasteiger partial charge in [0.1, 0.15) is 0 Å². The van der Waals surface area contributed by atoms with Crippen LogP contribution in [0.1, 0.15) is 36.5 Å². The molecule has 0 atom stereocenters. The molecule has 1 saturated heterocycles. The fourth-order valence-corrected chi connectivity index (χ4v) is 2.48. The second-order valence-electron chi connectivity index (χ2n) is 5.24. The number of carbonyl (C=O) groups excluding carboxylic acids is 2. The van der Waals surface area contributed by atoms with Gasteiger partial charge in [0.15, 0.2) is 0 Å². The molecule has 2 N–H and O–H groups in total. The Kier molecular flexibility index (Phi) is 5.60. The summed E-state index contributed by atoms with van der Waals surface area (Å²) in [7, 11) is 0. The third-order valence-electron chi connectivity index (χ3n) is 3.58. The lowest BCUT2D eigenvalue weighted by Crippen LogP contribution is -2.35. The fraction of sp³-hybridized carbons (Fsp3) is 0.500. The number of hydrogen-bond acceptors (Lipinski definition) is 3. The van der Waals surface area contributed by atoms with Crippen LogP contribution in [0.5, 0.6) is 0 Å². The number of likely N-dealkylation sites (tertiary alicyclic amines) is 1. The van der Waals surface area contributed by atoms with Crippen LogP contribution >= 0.6 is 0 Å². The molecule has 0 bridgehead atoms. The molecule has 0 radical (unpaired) electrons. The van der Waals surface area contributed by atoms with Gasteiger partial charge < -0.3 is 15.5 Å². The Balaban J connectivity index is 1.96. The Morgan fingerprint density at radius 2 is 1.95 bits per heavy atom. The minimum atomic E-state index is -0.0507. The summed E-state index contributed by atoms with van der Waals surface area (Å²) in [6.07, 6.45) is 3.37. The number of carbonyl (C=O) groups is 2. The summed E-state index contributed by atoms with van der Waals surface area (Å²) in [5, 5.41) is 5.77. The highest BCUT2D eigenvalue weighted by atomic mass is 16.2. The second-order valence-corrected chi connectivity index (χ2v) is 5.24. The number of anilines is 1. The number of hydrogen-bond donors (Lipinski definition) is 2. The number of amides is 2. The van der Waals surface area contributed by atoms with Crippen LogP contribution in [0.25, 0.3) is 0 Å². The zero-order valence-corrected chi connectivity index (χ0v) is 12.5. The number of nitrogens with one attached hydrogen (secondary N) is 2. The molecule has 1 aliphatic rings. The van der Waals surface area contributed by atoms with E-state index in [0.29, 0.717) is 12.1 Å². The van der Waals surface area contributed by atoms with Gasteiger partial charge in [-0.2, -0.15) is 0 Å². The Hall–Kier alpha value is -2.04. The maximum absolute atomic E-state index is 12.4. The minimum Gasteiger partial charge on any atom is -0.376 e. The van der Waals surface area contributed by atoms with E-state index in [4.69, 9.17) is 0 Å². The van der Waals surface area contributed by atoms with E-state index in [1.165, 1.54) is 6.42 Å². The largest absolute Gasteiger partial charge is 0.376 e. The first-order chi connectivity index (χ1) is 10.2. The zero-order valence-electron chi connectivity index (χ0n) is 12.5. The normalized spacial score (nSPS) is 14.6. The Morgan fingerprint density at radius 1 is 1.19 bits per heavy atom. The van der Waals surface area contributed by atoms with Crippen LogP contribution in [0, 0.1) is 0 Å². The van der Waals surface area contributed by atoms with Crippen molar-refractivity contribution < 1.29 is 9.59 Å². The molecular weight excluding hydrogens is 266 g/mol. The minimum absolute atomic E-state index is 0.0507. The van der Waals surface area contributed by atoms with E-state index >= 15 is 0 Å². The third-order valence-corrected chi connectivity index (χ3v) is 3.58. The van der Waals surface area contributed by atoms with Gasteiger partial charge in [-0.25, -0.2) is 0 Å². The highest BCUT2D eigenvalue weighted by Gasteiger charge is 2.18. The van der Waals surface area contributed by atoms with Crippen LogP contribution in [0.4, 0.5) is 5.69 Å². The Morgan fingerprint density at radius 3 is 2.67 bits per heavy atom. The van der Waals surface area contributed by atoms with Gasteiger partial charge in [-0.3, -0.25) is 9.59 Å². The predicted molar refractivity (Wildman–Crippen MR) is 83.4 cm³/mol. The van der Waals surface area contributed by atoms with Gasteiger partial charge in [0.25, 0.3) is 5.91 Å². The van der Waals surface area contributed by atoms with E-state index < -0.39 is 0 Å². The van der Waals surface area contributed by atoms with E-state index in [9.17, 15) is 9.59 Å². The number of benzene rings is 1. The van der Waals surface area contributed by atoms with Crippen molar-refractivity contribution in [1.29, 1.82) is 0 Å². The Bertz CT molecular complexity index is 496. The van der Waals surface area contributed by atoms with Crippen molar-refractivity contribution in [3.05, 3.63) is 29.8 Å². The van der Waals surface area contributed by atoms with Gasteiger partial charge in [-0.05, 0) is 44.4 Å². The summed E-state index contributed by atoms with van der Waals surface area (Å²) >= 11 is 0. The first kappa shape index (κ1) is 15.4. The standard InChI is InChI=1S/C16H23N3O2/c1-2-17-15(20)12-18-14-8-6-7-13(11-14)16(21)19-9-4-3-5-10-19/h6-8,11,18H,2-5,9-10,12H2,1H3,(H,17,20). The molecule has 0 unspecified atom stereocenters. The number of piperidine rings is 1. The first-order valence-electron chi connectivity index (χ1n) is 7.60. The smallest absolute Gasteiger partial charge is 0.253 e. The molecule has 2 amide bonds. The van der Waals surface area contributed by atoms with Crippen molar-refractivity contribution in [3.63, 3.8) is 0 Å². The zero-order chi connectivity index (χ0) is 15.1. The topological polar surface area (TPSA) is 61.4 Å². The number of rotatable bonds is 5. The van der Waals surface area contributed by atoms with Gasteiger partial charge in [0.05, 0.1) is 6.54 Å². The summed E-state index contributed by atoms with van der Waals surface area (Å²) in [5.41, 5.74) is 1.47. The summed E-state index contributed by atoms with van der Waals surface area (Å²) in [4.78, 5) is 25.8. The van der Waals surface area contributed by atoms with Crippen molar-refractivity contribution in [2.24, 2.45) is 0 Å². The van der Waals surface area contributed by atoms with Gasteiger partial charge >= 0.3 is 0 Å². The molecule has 1 aromatic carbocycles. The quantitative estimate of drug-likeness (QED) is 0.870. The molecule has 5 heteroatoms. The molecule has 1 aromatic rings. The number of nitrogens with zero attached hydrogens (tertiary/aromatic N) is 1. The molecular formula is C16H23N3O2. The molecule has 1 aliphatic heterocycles. The molecule has 1 heterocycles. The lowest BCUT2D eigenvalue weighted by molar-refractivity contribution is -0.119. The lowest BCUT2D eigenvalue weighted by Gasteiger charge is -2.26. The number of likely N-dealkylation sites (N-methyl/N-ethyl adjacent to an activating group) is 1. The van der Waals surface area contributed by atoms with Gasteiger partial charge in [-0.15, -0.1) is 0 Å². The molecule has 1 fully saturated rings. The summed E-state index contributed by atoms with van der Waals surface area (Å²) in [6, 6.07) is 7.36. The van der Waals surface area contributed by atoms with Gasteiger partial charge in [-0.1, -0.05) is 6.07 Å². The van der Waals surface area contributed by atoms with Crippen LogP contribution < -0.4 is 10.6 Å². The fourth-order valence-electron chi connectivity index (χ4n) is 2.48. The van der Waals surface area contributed by atoms with E-state index in [-0.39, 0.29) is 18.4 Å². The van der Waals surface area contributed by atoms with Crippen LogP contribution in [-0.4, -0.2) is 42.9 Å². The summed E-state index contributed by atoms with van der Waals surface area (Å²) in [5.74, 6) is 0.0293. The highest BCUT2D eigenvalue weighted by Crippen LogP contribution is 2.16. The van der Waals surface area contributed by atoms with E-state index in [0.717, 1.165) is 31.6 Å². The van der Waals surface area contributed by atoms with E-state index in [2.05, 4.69) is 10.6 Å². The SMILES string of the molecule is CCNC(=O)CNc1cccc(C(=O)N2CCCCC2)c1. The van der Waals surface area contributed by atoms with Crippen molar-refractivity contribution in [1.82, 2.24) is 10.2 Å². The summed E-state index contributed by atoms with van der Waals surface area (Å²) in [6.45, 7) is 4.41. The molecule has 0 saturated carbocycles. The van der Waals surface area contributed by atoms with Crippen LogP contribution in [0.3, 0.4) is 0 Å². The van der Waals surface area contributed by atoms with Crippen molar-refractivity contribution in [2.45, 2.75) is 26.2 Å². The van der Waals surface area contributed by atoms with Crippen molar-refractivity contribution in [2.75, 3.05) is 31.5 Å². The first-order valence-corrected chi connectivity index (χ1v) is 7.60. The van der Waals surface area contributed by atoms with E-state index in [1.807, 2.05) is 36.1 Å². The molecule has 2 rings (SSSR count). The van der Waals surface area contributed by atoms with Crippen LogP contribution in [0.2, 0.25) is 0 Å². The summed E-state index contributed by atoms with van der Waals surface area (Å²) < 4.78 is 0. The predicted octanol–water partition coefficient (Wildman–Crippen LogP) is 1.86. The molecule has 21 heavy (non-hydrogen) atoms. The van der Waals surface area contributed by atoms with Crippen LogP contribution in [0.15, 0.2) is 24.3 Å². The molecule has 0 aromatic heterocycles. The second kappa shape index (κ2) is 7.67.